The van der Waals surface area contributed by atoms with E-state index in [2.05, 4.69) is 0 Å². The quantitative estimate of drug-likeness (QED) is 0.377. The zero-order valence-electron chi connectivity index (χ0n) is 7.78. The van der Waals surface area contributed by atoms with E-state index in [9.17, 15) is 4.79 Å². The van der Waals surface area contributed by atoms with Crippen LogP contribution in [0.25, 0.3) is 0 Å². The lowest BCUT2D eigenvalue weighted by Gasteiger charge is -2.09. The van der Waals surface area contributed by atoms with Crippen LogP contribution in [0.4, 0.5) is 0 Å². The van der Waals surface area contributed by atoms with Crippen LogP contribution in [-0.2, 0) is 14.3 Å². The largest absolute Gasteiger partial charge is 0.378 e. The SMILES string of the molecule is CN(C)CCOCCOCC=O. The molecule has 0 spiro atoms. The van der Waals surface area contributed by atoms with Crippen LogP contribution < -0.4 is 0 Å². The van der Waals surface area contributed by atoms with Crippen LogP contribution in [-0.4, -0.2) is 58.3 Å². The maximum absolute atomic E-state index is 9.81. The summed E-state index contributed by atoms with van der Waals surface area (Å²) in [6, 6.07) is 0. The maximum Gasteiger partial charge on any atom is 0.145 e. The molecule has 0 saturated heterocycles. The Morgan fingerprint density at radius 1 is 1.17 bits per heavy atom. The molecule has 0 aromatic rings. The number of aldehydes is 1. The summed E-state index contributed by atoms with van der Waals surface area (Å²) < 4.78 is 10.1. The molecule has 0 N–H and O–H groups in total. The predicted molar refractivity (Wildman–Crippen MR) is 46.3 cm³/mol. The first-order chi connectivity index (χ1) is 5.77. The van der Waals surface area contributed by atoms with Gasteiger partial charge < -0.3 is 19.2 Å². The molecule has 0 saturated carbocycles. The second kappa shape index (κ2) is 8.64. The van der Waals surface area contributed by atoms with Crippen molar-refractivity contribution in [3.63, 3.8) is 0 Å². The molecule has 0 aromatic heterocycles. The van der Waals surface area contributed by atoms with Crippen molar-refractivity contribution in [3.05, 3.63) is 0 Å². The summed E-state index contributed by atoms with van der Waals surface area (Å²) in [7, 11) is 3.98. The molecule has 4 nitrogen and oxygen atoms in total. The van der Waals surface area contributed by atoms with Gasteiger partial charge in [0.15, 0.2) is 0 Å². The minimum absolute atomic E-state index is 0.164. The number of carbonyl (C=O) groups excluding carboxylic acids is 1. The van der Waals surface area contributed by atoms with E-state index < -0.39 is 0 Å². The Balaban J connectivity index is 2.86. The van der Waals surface area contributed by atoms with Gasteiger partial charge in [0.25, 0.3) is 0 Å². The molecule has 4 heteroatoms. The van der Waals surface area contributed by atoms with Gasteiger partial charge in [-0.2, -0.15) is 0 Å². The van der Waals surface area contributed by atoms with Gasteiger partial charge in [-0.15, -0.1) is 0 Å². The molecule has 0 rings (SSSR count). The van der Waals surface area contributed by atoms with Gasteiger partial charge in [0, 0.05) is 6.54 Å². The van der Waals surface area contributed by atoms with Crippen molar-refractivity contribution in [2.24, 2.45) is 0 Å². The van der Waals surface area contributed by atoms with Crippen molar-refractivity contribution in [1.82, 2.24) is 4.90 Å². The topological polar surface area (TPSA) is 38.8 Å². The minimum Gasteiger partial charge on any atom is -0.378 e. The third-order valence-electron chi connectivity index (χ3n) is 1.24. The van der Waals surface area contributed by atoms with Crippen LogP contribution >= 0.6 is 0 Å². The van der Waals surface area contributed by atoms with Crippen molar-refractivity contribution < 1.29 is 14.3 Å². The zero-order chi connectivity index (χ0) is 9.23. The monoisotopic (exact) mass is 175 g/mol. The van der Waals surface area contributed by atoms with E-state index in [1.807, 2.05) is 19.0 Å². The molecule has 0 aliphatic heterocycles. The van der Waals surface area contributed by atoms with E-state index in [1.165, 1.54) is 0 Å². The van der Waals surface area contributed by atoms with Crippen molar-refractivity contribution in [1.29, 1.82) is 0 Å². The number of nitrogens with zero attached hydrogens (tertiary/aromatic N) is 1. The van der Waals surface area contributed by atoms with Gasteiger partial charge in [0.1, 0.15) is 12.9 Å². The minimum atomic E-state index is 0.164. The Hall–Kier alpha value is -0.450. The van der Waals surface area contributed by atoms with Crippen LogP contribution in [0.3, 0.4) is 0 Å². The fourth-order valence-corrected chi connectivity index (χ4v) is 0.598. The molecular weight excluding hydrogens is 158 g/mol. The molecule has 0 unspecified atom stereocenters. The highest BCUT2D eigenvalue weighted by molar-refractivity contribution is 5.50. The van der Waals surface area contributed by atoms with E-state index in [0.29, 0.717) is 19.8 Å². The molecule has 12 heavy (non-hydrogen) atoms. The van der Waals surface area contributed by atoms with Crippen LogP contribution in [0, 0.1) is 0 Å². The maximum atomic E-state index is 9.81. The smallest absolute Gasteiger partial charge is 0.145 e. The Bertz CT molecular complexity index is 106. The summed E-state index contributed by atoms with van der Waals surface area (Å²) in [5.74, 6) is 0. The first kappa shape index (κ1) is 11.6. The molecule has 0 aliphatic rings. The van der Waals surface area contributed by atoms with E-state index in [-0.39, 0.29) is 6.61 Å². The van der Waals surface area contributed by atoms with Gasteiger partial charge in [-0.3, -0.25) is 0 Å². The number of hydrogen-bond donors (Lipinski definition) is 0. The molecule has 0 aromatic carbocycles. The molecule has 72 valence electrons. The summed E-state index contributed by atoms with van der Waals surface area (Å²) in [6.45, 7) is 2.83. The third-order valence-corrected chi connectivity index (χ3v) is 1.24. The number of ether oxygens (including phenoxy) is 2. The lowest BCUT2D eigenvalue weighted by molar-refractivity contribution is -0.112. The van der Waals surface area contributed by atoms with E-state index >= 15 is 0 Å². The zero-order valence-corrected chi connectivity index (χ0v) is 7.78. The van der Waals surface area contributed by atoms with Gasteiger partial charge in [0.2, 0.25) is 0 Å². The average Bonchev–Trinajstić information content (AvgIpc) is 2.02. The molecule has 0 heterocycles. The van der Waals surface area contributed by atoms with E-state index in [1.54, 1.807) is 0 Å². The lowest BCUT2D eigenvalue weighted by atomic mass is 10.6. The Kier molecular flexibility index (Phi) is 8.32. The fourth-order valence-electron chi connectivity index (χ4n) is 0.598. The highest BCUT2D eigenvalue weighted by Gasteiger charge is 1.90. The fraction of sp³-hybridized carbons (Fsp3) is 0.875. The van der Waals surface area contributed by atoms with Gasteiger partial charge in [0.05, 0.1) is 19.8 Å². The second-order valence-electron chi connectivity index (χ2n) is 2.66. The number of hydrogen-bond acceptors (Lipinski definition) is 4. The van der Waals surface area contributed by atoms with Crippen LogP contribution in [0.1, 0.15) is 0 Å². The molecule has 0 fully saturated rings. The van der Waals surface area contributed by atoms with Gasteiger partial charge in [-0.05, 0) is 14.1 Å². The van der Waals surface area contributed by atoms with Crippen LogP contribution in [0.2, 0.25) is 0 Å². The second-order valence-corrected chi connectivity index (χ2v) is 2.66. The van der Waals surface area contributed by atoms with E-state index in [4.69, 9.17) is 9.47 Å². The van der Waals surface area contributed by atoms with Gasteiger partial charge in [-0.25, -0.2) is 0 Å². The summed E-state index contributed by atoms with van der Waals surface area (Å²) in [4.78, 5) is 11.9. The summed E-state index contributed by atoms with van der Waals surface area (Å²) in [5, 5.41) is 0. The normalized spacial score (nSPS) is 10.6. The molecule has 0 atom stereocenters. The first-order valence-electron chi connectivity index (χ1n) is 4.01. The first-order valence-corrected chi connectivity index (χ1v) is 4.01. The molecule has 0 bridgehead atoms. The number of carbonyl (C=O) groups is 1. The summed E-state index contributed by atoms with van der Waals surface area (Å²) in [5.41, 5.74) is 0. The number of rotatable bonds is 8. The van der Waals surface area contributed by atoms with Crippen molar-refractivity contribution >= 4 is 6.29 Å². The highest BCUT2D eigenvalue weighted by atomic mass is 16.5. The van der Waals surface area contributed by atoms with Crippen molar-refractivity contribution in [2.75, 3.05) is 47.1 Å². The molecule has 0 radical (unpaired) electrons. The third kappa shape index (κ3) is 9.55. The Labute approximate surface area is 73.4 Å². The summed E-state index contributed by atoms with van der Waals surface area (Å²) >= 11 is 0. The van der Waals surface area contributed by atoms with Crippen LogP contribution in [0.15, 0.2) is 0 Å². The molecule has 0 amide bonds. The number of likely N-dealkylation sites (N-methyl/N-ethyl adjacent to an activating group) is 1. The Morgan fingerprint density at radius 2 is 1.83 bits per heavy atom. The lowest BCUT2D eigenvalue weighted by Crippen LogP contribution is -2.19. The Morgan fingerprint density at radius 3 is 2.42 bits per heavy atom. The van der Waals surface area contributed by atoms with Crippen molar-refractivity contribution in [2.45, 2.75) is 0 Å². The van der Waals surface area contributed by atoms with Crippen LogP contribution in [0.5, 0.6) is 0 Å². The molecular formula is C8H17NO3. The summed E-state index contributed by atoms with van der Waals surface area (Å²) in [6.07, 6.45) is 0.736. The predicted octanol–water partition coefficient (Wildman–Crippen LogP) is -0.220. The van der Waals surface area contributed by atoms with Gasteiger partial charge in [-0.1, -0.05) is 0 Å². The van der Waals surface area contributed by atoms with E-state index in [0.717, 1.165) is 12.8 Å². The van der Waals surface area contributed by atoms with Gasteiger partial charge >= 0.3 is 0 Å². The standard InChI is InChI=1S/C8H17NO3/c1-9(2)3-5-11-7-8-12-6-4-10/h4H,3,5-8H2,1-2H3. The average molecular weight is 175 g/mol. The highest BCUT2D eigenvalue weighted by Crippen LogP contribution is 1.79. The van der Waals surface area contributed by atoms with Crippen molar-refractivity contribution in [3.8, 4) is 0 Å². The molecule has 0 aliphatic carbocycles.